The van der Waals surface area contributed by atoms with E-state index >= 15 is 0 Å². The smallest absolute Gasteiger partial charge is 0.243 e. The number of nitrogens with zero attached hydrogens (tertiary/aromatic N) is 1. The lowest BCUT2D eigenvalue weighted by atomic mass is 10.3. The van der Waals surface area contributed by atoms with E-state index in [4.69, 9.17) is 11.6 Å². The van der Waals surface area contributed by atoms with Crippen molar-refractivity contribution in [3.8, 4) is 0 Å². The number of benzene rings is 2. The van der Waals surface area contributed by atoms with E-state index in [1.54, 1.807) is 38.1 Å². The van der Waals surface area contributed by atoms with E-state index in [0.29, 0.717) is 23.8 Å². The van der Waals surface area contributed by atoms with Gasteiger partial charge in [0.2, 0.25) is 15.9 Å². The molecule has 0 bridgehead atoms. The van der Waals surface area contributed by atoms with E-state index in [9.17, 15) is 13.2 Å². The van der Waals surface area contributed by atoms with E-state index in [0.717, 1.165) is 4.90 Å². The van der Waals surface area contributed by atoms with Gasteiger partial charge in [-0.05, 0) is 55.5 Å². The van der Waals surface area contributed by atoms with Gasteiger partial charge in [-0.2, -0.15) is 4.31 Å². The maximum Gasteiger partial charge on any atom is 0.243 e. The molecule has 0 radical (unpaired) electrons. The first-order chi connectivity index (χ1) is 12.8. The van der Waals surface area contributed by atoms with Crippen molar-refractivity contribution in [1.82, 2.24) is 4.31 Å². The zero-order valence-corrected chi connectivity index (χ0v) is 17.9. The molecule has 0 aliphatic heterocycles. The predicted molar refractivity (Wildman–Crippen MR) is 112 cm³/mol. The second-order valence-electron chi connectivity index (χ2n) is 5.82. The molecule has 0 aliphatic rings. The maximum atomic E-state index is 12.5. The molecule has 27 heavy (non-hydrogen) atoms. The summed E-state index contributed by atoms with van der Waals surface area (Å²) in [5.41, 5.74) is 0.557. The van der Waals surface area contributed by atoms with Crippen LogP contribution in [0, 0.1) is 0 Å². The molecule has 0 aliphatic carbocycles. The van der Waals surface area contributed by atoms with Crippen LogP contribution in [0.3, 0.4) is 0 Å². The lowest BCUT2D eigenvalue weighted by molar-refractivity contribution is -0.115. The Kier molecular flexibility index (Phi) is 7.73. The SMILES string of the molecule is CCN(CC)S(=O)(=O)c1ccc(NC(=O)[C@H](C)Sc2ccc(Cl)cc2)cc1. The normalized spacial score (nSPS) is 12.8. The van der Waals surface area contributed by atoms with Crippen LogP contribution in [0.5, 0.6) is 0 Å². The Hall–Kier alpha value is -1.54. The maximum absolute atomic E-state index is 12.5. The molecule has 0 fully saturated rings. The van der Waals surface area contributed by atoms with Crippen LogP contribution in [0.4, 0.5) is 5.69 Å². The van der Waals surface area contributed by atoms with Gasteiger partial charge in [-0.25, -0.2) is 8.42 Å². The molecular formula is C19H23ClN2O3S2. The third kappa shape index (κ3) is 5.72. The molecule has 2 rings (SSSR count). The topological polar surface area (TPSA) is 66.5 Å². The van der Waals surface area contributed by atoms with Gasteiger partial charge in [0.1, 0.15) is 0 Å². The minimum Gasteiger partial charge on any atom is -0.325 e. The number of carbonyl (C=O) groups is 1. The number of hydrogen-bond donors (Lipinski definition) is 1. The largest absolute Gasteiger partial charge is 0.325 e. The molecule has 2 aromatic rings. The van der Waals surface area contributed by atoms with Crippen LogP contribution < -0.4 is 5.32 Å². The monoisotopic (exact) mass is 426 g/mol. The second kappa shape index (κ2) is 9.59. The summed E-state index contributed by atoms with van der Waals surface area (Å²) in [7, 11) is -3.50. The number of anilines is 1. The van der Waals surface area contributed by atoms with E-state index < -0.39 is 10.0 Å². The van der Waals surface area contributed by atoms with Gasteiger partial charge in [-0.3, -0.25) is 4.79 Å². The van der Waals surface area contributed by atoms with E-state index in [-0.39, 0.29) is 16.1 Å². The molecule has 1 atom stereocenters. The van der Waals surface area contributed by atoms with Crippen molar-refractivity contribution in [3.63, 3.8) is 0 Å². The van der Waals surface area contributed by atoms with Crippen molar-refractivity contribution in [2.75, 3.05) is 18.4 Å². The Bertz CT molecular complexity index is 865. The van der Waals surface area contributed by atoms with Gasteiger partial charge in [0.05, 0.1) is 10.1 Å². The summed E-state index contributed by atoms with van der Waals surface area (Å²) in [6.45, 7) is 6.24. The molecule has 0 saturated heterocycles. The summed E-state index contributed by atoms with van der Waals surface area (Å²) >= 11 is 7.29. The van der Waals surface area contributed by atoms with Crippen molar-refractivity contribution >= 4 is 45.0 Å². The number of hydrogen-bond acceptors (Lipinski definition) is 4. The molecule has 1 amide bonds. The summed E-state index contributed by atoms with van der Waals surface area (Å²) in [4.78, 5) is 13.5. The average molecular weight is 427 g/mol. The number of carbonyl (C=O) groups excluding carboxylic acids is 1. The van der Waals surface area contributed by atoms with Crippen LogP contribution in [-0.4, -0.2) is 37.0 Å². The highest BCUT2D eigenvalue weighted by Crippen LogP contribution is 2.26. The zero-order chi connectivity index (χ0) is 20.0. The lowest BCUT2D eigenvalue weighted by Crippen LogP contribution is -2.30. The summed E-state index contributed by atoms with van der Waals surface area (Å²) in [5.74, 6) is -0.158. The number of sulfonamides is 1. The van der Waals surface area contributed by atoms with Crippen molar-refractivity contribution in [2.24, 2.45) is 0 Å². The molecule has 0 spiro atoms. The Morgan fingerprint density at radius 3 is 2.15 bits per heavy atom. The number of amides is 1. The van der Waals surface area contributed by atoms with E-state index in [1.165, 1.54) is 28.2 Å². The van der Waals surface area contributed by atoms with E-state index in [2.05, 4.69) is 5.32 Å². The van der Waals surface area contributed by atoms with Crippen molar-refractivity contribution in [1.29, 1.82) is 0 Å². The molecule has 2 aromatic carbocycles. The predicted octanol–water partition coefficient (Wildman–Crippen LogP) is 4.49. The number of halogens is 1. The molecular weight excluding hydrogens is 404 g/mol. The summed E-state index contributed by atoms with van der Waals surface area (Å²) in [6.07, 6.45) is 0. The zero-order valence-electron chi connectivity index (χ0n) is 15.5. The summed E-state index contributed by atoms with van der Waals surface area (Å²) in [6, 6.07) is 13.5. The first-order valence-electron chi connectivity index (χ1n) is 8.61. The summed E-state index contributed by atoms with van der Waals surface area (Å²) < 4.78 is 26.4. The number of thioether (sulfide) groups is 1. The molecule has 1 N–H and O–H groups in total. The number of nitrogens with one attached hydrogen (secondary N) is 1. The van der Waals surface area contributed by atoms with Crippen LogP contribution >= 0.6 is 23.4 Å². The van der Waals surface area contributed by atoms with Crippen molar-refractivity contribution in [3.05, 3.63) is 53.6 Å². The Labute approximate surface area is 170 Å². The van der Waals surface area contributed by atoms with Crippen LogP contribution in [0.2, 0.25) is 5.02 Å². The fourth-order valence-corrected chi connectivity index (χ4v) is 4.89. The van der Waals surface area contributed by atoms with Crippen molar-refractivity contribution < 1.29 is 13.2 Å². The highest BCUT2D eigenvalue weighted by atomic mass is 35.5. The first kappa shape index (κ1) is 21.8. The van der Waals surface area contributed by atoms with Gasteiger partial charge in [-0.15, -0.1) is 11.8 Å². The molecule has 8 heteroatoms. The minimum atomic E-state index is -3.50. The van der Waals surface area contributed by atoms with Gasteiger partial charge >= 0.3 is 0 Å². The molecule has 0 heterocycles. The Balaban J connectivity index is 2.03. The second-order valence-corrected chi connectivity index (χ2v) is 9.61. The van der Waals surface area contributed by atoms with E-state index in [1.807, 2.05) is 19.1 Å². The van der Waals surface area contributed by atoms with Gasteiger partial charge in [0, 0.05) is 28.7 Å². The molecule has 0 aromatic heterocycles. The number of rotatable bonds is 8. The standard InChI is InChI=1S/C19H23ClN2O3S2/c1-4-22(5-2)27(24,25)18-12-8-16(9-13-18)21-19(23)14(3)26-17-10-6-15(20)7-11-17/h6-14H,4-5H2,1-3H3,(H,21,23)/t14-/m0/s1. The highest BCUT2D eigenvalue weighted by Gasteiger charge is 2.21. The van der Waals surface area contributed by atoms with Gasteiger partial charge in [-0.1, -0.05) is 25.4 Å². The third-order valence-corrected chi connectivity index (χ3v) is 7.39. The van der Waals surface area contributed by atoms with Crippen LogP contribution in [0.1, 0.15) is 20.8 Å². The third-order valence-electron chi connectivity index (χ3n) is 3.96. The molecule has 146 valence electrons. The fourth-order valence-electron chi connectivity index (χ4n) is 2.44. The highest BCUT2D eigenvalue weighted by molar-refractivity contribution is 8.00. The molecule has 0 unspecified atom stereocenters. The fraction of sp³-hybridized carbons (Fsp3) is 0.316. The Morgan fingerprint density at radius 1 is 1.07 bits per heavy atom. The van der Waals surface area contributed by atoms with Crippen LogP contribution in [-0.2, 0) is 14.8 Å². The minimum absolute atomic E-state index is 0.158. The average Bonchev–Trinajstić information content (AvgIpc) is 2.64. The van der Waals surface area contributed by atoms with Gasteiger partial charge < -0.3 is 5.32 Å². The summed E-state index contributed by atoms with van der Waals surface area (Å²) in [5, 5.41) is 3.15. The first-order valence-corrected chi connectivity index (χ1v) is 11.3. The quantitative estimate of drug-likeness (QED) is 0.631. The van der Waals surface area contributed by atoms with Crippen LogP contribution in [0.15, 0.2) is 58.3 Å². The molecule has 5 nitrogen and oxygen atoms in total. The molecule has 0 saturated carbocycles. The Morgan fingerprint density at radius 2 is 1.63 bits per heavy atom. The van der Waals surface area contributed by atoms with Crippen LogP contribution in [0.25, 0.3) is 0 Å². The lowest BCUT2D eigenvalue weighted by Gasteiger charge is -2.18. The van der Waals surface area contributed by atoms with Gasteiger partial charge in [0.25, 0.3) is 0 Å². The van der Waals surface area contributed by atoms with Crippen molar-refractivity contribution in [2.45, 2.75) is 35.8 Å². The van der Waals surface area contributed by atoms with Gasteiger partial charge in [0.15, 0.2) is 0 Å².